The summed E-state index contributed by atoms with van der Waals surface area (Å²) in [4.78, 5) is 0. The molecule has 2 N–H and O–H groups in total. The molecule has 0 aromatic heterocycles. The second kappa shape index (κ2) is 4.78. The minimum atomic E-state index is 0.251. The van der Waals surface area contributed by atoms with Crippen LogP contribution in [0.5, 0.6) is 11.5 Å². The summed E-state index contributed by atoms with van der Waals surface area (Å²) in [6.07, 6.45) is 0. The van der Waals surface area contributed by atoms with Crippen molar-refractivity contribution in [1.82, 2.24) is 0 Å². The van der Waals surface area contributed by atoms with Gasteiger partial charge in [0.05, 0.1) is 12.8 Å². The number of benzene rings is 2. The van der Waals surface area contributed by atoms with E-state index in [0.29, 0.717) is 5.69 Å². The summed E-state index contributed by atoms with van der Waals surface area (Å²) in [6, 6.07) is 13.1. The smallest absolute Gasteiger partial charge is 0.139 e. The molecule has 0 bridgehead atoms. The summed E-state index contributed by atoms with van der Waals surface area (Å²) >= 11 is 0. The summed E-state index contributed by atoms with van der Waals surface area (Å²) < 4.78 is 5.08. The molecule has 0 unspecified atom stereocenters. The van der Waals surface area contributed by atoms with Crippen LogP contribution in [-0.2, 0) is 0 Å². The minimum absolute atomic E-state index is 0.251. The van der Waals surface area contributed by atoms with Gasteiger partial charge >= 0.3 is 0 Å². The van der Waals surface area contributed by atoms with E-state index in [-0.39, 0.29) is 5.75 Å². The minimum Gasteiger partial charge on any atom is -0.506 e. The summed E-state index contributed by atoms with van der Waals surface area (Å²) in [5, 5.41) is 12.9. The van der Waals surface area contributed by atoms with Crippen LogP contribution in [-0.4, -0.2) is 12.2 Å². The van der Waals surface area contributed by atoms with Crippen molar-refractivity contribution in [3.63, 3.8) is 0 Å². The van der Waals surface area contributed by atoms with E-state index in [9.17, 15) is 5.11 Å². The molecule has 0 amide bonds. The number of aryl methyl sites for hydroxylation is 1. The van der Waals surface area contributed by atoms with Gasteiger partial charge in [-0.15, -0.1) is 0 Å². The summed E-state index contributed by atoms with van der Waals surface area (Å²) in [6.45, 7) is 1.94. The van der Waals surface area contributed by atoms with E-state index in [0.717, 1.165) is 17.0 Å². The maximum atomic E-state index is 9.77. The second-order valence-electron chi connectivity index (χ2n) is 3.87. The number of ether oxygens (including phenoxy) is 1. The molecule has 0 saturated heterocycles. The van der Waals surface area contributed by atoms with E-state index in [1.165, 1.54) is 0 Å². The number of hydrogen-bond acceptors (Lipinski definition) is 3. The van der Waals surface area contributed by atoms with Crippen LogP contribution in [0.15, 0.2) is 42.5 Å². The largest absolute Gasteiger partial charge is 0.506 e. The highest BCUT2D eigenvalue weighted by atomic mass is 16.5. The Hall–Kier alpha value is -2.16. The van der Waals surface area contributed by atoms with Gasteiger partial charge in [0.25, 0.3) is 0 Å². The average molecular weight is 229 g/mol. The standard InChI is InChI=1S/C14H15NO2/c1-10-3-8-13(14(16)9-10)15-11-4-6-12(17-2)7-5-11/h3-9,15-16H,1-2H3. The molecule has 0 aliphatic carbocycles. The second-order valence-corrected chi connectivity index (χ2v) is 3.87. The molecular formula is C14H15NO2. The maximum Gasteiger partial charge on any atom is 0.139 e. The van der Waals surface area contributed by atoms with Crippen LogP contribution in [0, 0.1) is 6.92 Å². The molecule has 0 spiro atoms. The Bertz CT molecular complexity index is 506. The predicted octanol–water partition coefficient (Wildman–Crippen LogP) is 3.45. The van der Waals surface area contributed by atoms with Gasteiger partial charge in [0, 0.05) is 5.69 Å². The molecule has 0 aliphatic rings. The number of phenolic OH excluding ortho intramolecular Hbond substituents is 1. The molecule has 2 aromatic rings. The molecule has 17 heavy (non-hydrogen) atoms. The van der Waals surface area contributed by atoms with E-state index >= 15 is 0 Å². The van der Waals surface area contributed by atoms with E-state index in [4.69, 9.17) is 4.74 Å². The zero-order chi connectivity index (χ0) is 12.3. The Kier molecular flexibility index (Phi) is 3.19. The van der Waals surface area contributed by atoms with Crippen LogP contribution in [0.4, 0.5) is 11.4 Å². The third-order valence-corrected chi connectivity index (χ3v) is 2.52. The van der Waals surface area contributed by atoms with E-state index in [1.807, 2.05) is 43.3 Å². The van der Waals surface area contributed by atoms with Crippen LogP contribution in [0.2, 0.25) is 0 Å². The number of anilines is 2. The van der Waals surface area contributed by atoms with Crippen LogP contribution >= 0.6 is 0 Å². The fraction of sp³-hybridized carbons (Fsp3) is 0.143. The topological polar surface area (TPSA) is 41.5 Å². The van der Waals surface area contributed by atoms with Crippen molar-refractivity contribution in [2.45, 2.75) is 6.92 Å². The first-order valence-electron chi connectivity index (χ1n) is 5.40. The van der Waals surface area contributed by atoms with Crippen molar-refractivity contribution in [2.75, 3.05) is 12.4 Å². The quantitative estimate of drug-likeness (QED) is 0.792. The van der Waals surface area contributed by atoms with E-state index < -0.39 is 0 Å². The monoisotopic (exact) mass is 229 g/mol. The van der Waals surface area contributed by atoms with Gasteiger partial charge in [-0.1, -0.05) is 6.07 Å². The number of methoxy groups -OCH3 is 1. The Morgan fingerprint density at radius 2 is 1.76 bits per heavy atom. The Balaban J connectivity index is 2.19. The van der Waals surface area contributed by atoms with Gasteiger partial charge in [-0.3, -0.25) is 0 Å². The lowest BCUT2D eigenvalue weighted by Gasteiger charge is -2.09. The zero-order valence-corrected chi connectivity index (χ0v) is 9.90. The number of aromatic hydroxyl groups is 1. The highest BCUT2D eigenvalue weighted by molar-refractivity contribution is 5.66. The number of phenols is 1. The van der Waals surface area contributed by atoms with Crippen molar-refractivity contribution in [3.8, 4) is 11.5 Å². The molecule has 3 heteroatoms. The van der Waals surface area contributed by atoms with Crippen molar-refractivity contribution in [1.29, 1.82) is 0 Å². The summed E-state index contributed by atoms with van der Waals surface area (Å²) in [7, 11) is 1.63. The molecule has 0 aliphatic heterocycles. The summed E-state index contributed by atoms with van der Waals surface area (Å²) in [5.74, 6) is 1.06. The molecule has 2 aromatic carbocycles. The first kappa shape index (κ1) is 11.3. The van der Waals surface area contributed by atoms with Crippen LogP contribution in [0.1, 0.15) is 5.56 Å². The predicted molar refractivity (Wildman–Crippen MR) is 69.1 cm³/mol. The average Bonchev–Trinajstić information content (AvgIpc) is 2.34. The van der Waals surface area contributed by atoms with Crippen LogP contribution in [0.3, 0.4) is 0 Å². The van der Waals surface area contributed by atoms with Gasteiger partial charge in [-0.05, 0) is 48.9 Å². The fourth-order valence-electron chi connectivity index (χ4n) is 1.58. The van der Waals surface area contributed by atoms with Gasteiger partial charge < -0.3 is 15.2 Å². The normalized spacial score (nSPS) is 10.0. The lowest BCUT2D eigenvalue weighted by atomic mass is 10.2. The maximum absolute atomic E-state index is 9.77. The van der Waals surface area contributed by atoms with Crippen molar-refractivity contribution >= 4 is 11.4 Å². The molecule has 2 rings (SSSR count). The first-order chi connectivity index (χ1) is 8.19. The molecule has 0 heterocycles. The van der Waals surface area contributed by atoms with Crippen molar-refractivity contribution < 1.29 is 9.84 Å². The van der Waals surface area contributed by atoms with Gasteiger partial charge in [0.15, 0.2) is 0 Å². The Morgan fingerprint density at radius 3 is 2.35 bits per heavy atom. The van der Waals surface area contributed by atoms with E-state index in [2.05, 4.69) is 5.32 Å². The lowest BCUT2D eigenvalue weighted by molar-refractivity contribution is 0.415. The third-order valence-electron chi connectivity index (χ3n) is 2.52. The van der Waals surface area contributed by atoms with Gasteiger partial charge in [0.2, 0.25) is 0 Å². The van der Waals surface area contributed by atoms with Gasteiger partial charge in [-0.2, -0.15) is 0 Å². The van der Waals surface area contributed by atoms with Crippen LogP contribution in [0.25, 0.3) is 0 Å². The van der Waals surface area contributed by atoms with Crippen molar-refractivity contribution in [3.05, 3.63) is 48.0 Å². The molecule has 0 atom stereocenters. The lowest BCUT2D eigenvalue weighted by Crippen LogP contribution is -1.91. The molecule has 0 radical (unpaired) electrons. The number of hydrogen-bond donors (Lipinski definition) is 2. The van der Waals surface area contributed by atoms with E-state index in [1.54, 1.807) is 13.2 Å². The van der Waals surface area contributed by atoms with Gasteiger partial charge in [0.1, 0.15) is 11.5 Å². The highest BCUT2D eigenvalue weighted by Crippen LogP contribution is 2.28. The Morgan fingerprint density at radius 1 is 1.06 bits per heavy atom. The Labute approximate surface area is 101 Å². The molecule has 88 valence electrons. The number of nitrogens with one attached hydrogen (secondary N) is 1. The molecule has 3 nitrogen and oxygen atoms in total. The van der Waals surface area contributed by atoms with Crippen LogP contribution < -0.4 is 10.1 Å². The molecular weight excluding hydrogens is 214 g/mol. The fourth-order valence-corrected chi connectivity index (χ4v) is 1.58. The highest BCUT2D eigenvalue weighted by Gasteiger charge is 2.01. The third kappa shape index (κ3) is 2.69. The van der Waals surface area contributed by atoms with Crippen molar-refractivity contribution in [2.24, 2.45) is 0 Å². The SMILES string of the molecule is COc1ccc(Nc2ccc(C)cc2O)cc1. The number of rotatable bonds is 3. The summed E-state index contributed by atoms with van der Waals surface area (Å²) in [5.41, 5.74) is 2.63. The van der Waals surface area contributed by atoms with Gasteiger partial charge in [-0.25, -0.2) is 0 Å². The molecule has 0 saturated carbocycles. The molecule has 0 fully saturated rings. The zero-order valence-electron chi connectivity index (χ0n) is 9.90. The first-order valence-corrected chi connectivity index (χ1v) is 5.40.